The van der Waals surface area contributed by atoms with Crippen molar-refractivity contribution >= 4 is 12.2 Å². The summed E-state index contributed by atoms with van der Waals surface area (Å²) in [6.07, 6.45) is -1.00. The number of methoxy groups -OCH3 is 2. The summed E-state index contributed by atoms with van der Waals surface area (Å²) >= 11 is 0. The number of hydrogen-bond acceptors (Lipinski definition) is 6. The van der Waals surface area contributed by atoms with Crippen molar-refractivity contribution in [1.82, 2.24) is 10.2 Å². The van der Waals surface area contributed by atoms with E-state index >= 15 is 0 Å². The molecule has 1 fully saturated rings. The van der Waals surface area contributed by atoms with Crippen LogP contribution in [0.3, 0.4) is 0 Å². The summed E-state index contributed by atoms with van der Waals surface area (Å²) in [5, 5.41) is 2.93. The van der Waals surface area contributed by atoms with Crippen molar-refractivity contribution in [1.29, 1.82) is 0 Å². The van der Waals surface area contributed by atoms with Crippen LogP contribution >= 0.6 is 0 Å². The lowest BCUT2D eigenvalue weighted by Gasteiger charge is -2.50. The smallest absolute Gasteiger partial charge is 0.410 e. The number of hydrogen-bond donors (Lipinski definition) is 1. The van der Waals surface area contributed by atoms with Crippen LogP contribution in [-0.4, -0.2) is 55.6 Å². The molecule has 8 nitrogen and oxygen atoms in total. The van der Waals surface area contributed by atoms with Gasteiger partial charge < -0.3 is 29.2 Å². The summed E-state index contributed by atoms with van der Waals surface area (Å²) in [6, 6.07) is 5.37. The van der Waals surface area contributed by atoms with Gasteiger partial charge >= 0.3 is 12.2 Å². The Bertz CT molecular complexity index is 735. The molecule has 8 heteroatoms. The van der Waals surface area contributed by atoms with Crippen molar-refractivity contribution in [2.24, 2.45) is 0 Å². The van der Waals surface area contributed by atoms with Gasteiger partial charge in [-0.2, -0.15) is 0 Å². The molecule has 0 aromatic heterocycles. The maximum absolute atomic E-state index is 12.5. The Morgan fingerprint density at radius 1 is 0.897 bits per heavy atom. The maximum Gasteiger partial charge on any atom is 0.410 e. The van der Waals surface area contributed by atoms with E-state index in [9.17, 15) is 9.59 Å². The van der Waals surface area contributed by atoms with Gasteiger partial charge in [0, 0.05) is 6.07 Å². The van der Waals surface area contributed by atoms with Crippen LogP contribution in [0.5, 0.6) is 11.5 Å². The van der Waals surface area contributed by atoms with Gasteiger partial charge in [0.25, 0.3) is 0 Å². The van der Waals surface area contributed by atoms with Crippen molar-refractivity contribution < 1.29 is 28.5 Å². The first-order valence-corrected chi connectivity index (χ1v) is 9.49. The molecule has 0 radical (unpaired) electrons. The lowest BCUT2D eigenvalue weighted by atomic mass is 9.82. The minimum atomic E-state index is -0.846. The minimum Gasteiger partial charge on any atom is -0.497 e. The molecule has 1 heterocycles. The second kappa shape index (κ2) is 8.00. The van der Waals surface area contributed by atoms with Crippen LogP contribution in [0.25, 0.3) is 0 Å². The zero-order chi connectivity index (χ0) is 22.0. The quantitative estimate of drug-likeness (QED) is 0.818. The molecule has 0 atom stereocenters. The summed E-state index contributed by atoms with van der Waals surface area (Å²) < 4.78 is 21.6. The van der Waals surface area contributed by atoms with Crippen LogP contribution in [0.1, 0.15) is 47.1 Å². The molecule has 1 saturated heterocycles. The van der Waals surface area contributed by atoms with Crippen molar-refractivity contribution in [3.8, 4) is 11.5 Å². The predicted octanol–water partition coefficient (Wildman–Crippen LogP) is 3.67. The van der Waals surface area contributed by atoms with Gasteiger partial charge in [-0.3, -0.25) is 0 Å². The highest BCUT2D eigenvalue weighted by molar-refractivity contribution is 5.73. The standard InChI is InChI=1S/C21H32N2O6/c1-19(2,3)28-17(24)22-21(12-23(13-21)18(25)29-20(4,5)6)14-9-15(26-7)11-16(10-14)27-8/h9-11H,12-13H2,1-8H3,(H,22,24). The molecule has 2 amide bonds. The normalized spacial score (nSPS) is 15.8. The van der Waals surface area contributed by atoms with Crippen molar-refractivity contribution in [2.75, 3.05) is 27.3 Å². The number of benzene rings is 1. The molecule has 1 aromatic carbocycles. The zero-order valence-electron chi connectivity index (χ0n) is 18.5. The fourth-order valence-electron chi connectivity index (χ4n) is 2.98. The summed E-state index contributed by atoms with van der Waals surface area (Å²) in [4.78, 5) is 26.5. The Hall–Kier alpha value is -2.64. The van der Waals surface area contributed by atoms with Gasteiger partial charge in [0.05, 0.1) is 27.3 Å². The number of nitrogens with one attached hydrogen (secondary N) is 1. The van der Waals surface area contributed by atoms with Gasteiger partial charge in [-0.05, 0) is 59.2 Å². The summed E-state index contributed by atoms with van der Waals surface area (Å²) in [5.41, 5.74) is -1.35. The zero-order valence-corrected chi connectivity index (χ0v) is 18.5. The highest BCUT2D eigenvalue weighted by Gasteiger charge is 2.50. The third-order valence-corrected chi connectivity index (χ3v) is 4.22. The van der Waals surface area contributed by atoms with Gasteiger partial charge in [-0.25, -0.2) is 9.59 Å². The fraction of sp³-hybridized carbons (Fsp3) is 0.619. The molecule has 29 heavy (non-hydrogen) atoms. The number of nitrogens with zero attached hydrogens (tertiary/aromatic N) is 1. The van der Waals surface area contributed by atoms with Crippen LogP contribution in [0.2, 0.25) is 0 Å². The largest absolute Gasteiger partial charge is 0.497 e. The lowest BCUT2D eigenvalue weighted by Crippen LogP contribution is -2.69. The van der Waals surface area contributed by atoms with Gasteiger partial charge in [-0.1, -0.05) is 0 Å². The van der Waals surface area contributed by atoms with E-state index in [1.54, 1.807) is 41.1 Å². The summed E-state index contributed by atoms with van der Waals surface area (Å²) in [7, 11) is 3.11. The molecular formula is C21H32N2O6. The van der Waals surface area contributed by atoms with Crippen LogP contribution in [-0.2, 0) is 15.0 Å². The van der Waals surface area contributed by atoms with E-state index in [2.05, 4.69) is 5.32 Å². The van der Waals surface area contributed by atoms with Gasteiger partial charge in [0.15, 0.2) is 0 Å². The first kappa shape index (κ1) is 22.6. The average molecular weight is 408 g/mol. The first-order valence-electron chi connectivity index (χ1n) is 9.49. The van der Waals surface area contributed by atoms with E-state index in [1.807, 2.05) is 32.9 Å². The molecule has 2 rings (SSSR count). The topological polar surface area (TPSA) is 86.3 Å². The second-order valence-corrected chi connectivity index (χ2v) is 9.15. The molecular weight excluding hydrogens is 376 g/mol. The summed E-state index contributed by atoms with van der Waals surface area (Å²) in [6.45, 7) is 11.3. The van der Waals surface area contributed by atoms with Crippen molar-refractivity contribution in [3.05, 3.63) is 23.8 Å². The van der Waals surface area contributed by atoms with Crippen molar-refractivity contribution in [3.63, 3.8) is 0 Å². The van der Waals surface area contributed by atoms with E-state index in [1.165, 1.54) is 4.90 Å². The molecule has 0 unspecified atom stereocenters. The Morgan fingerprint density at radius 3 is 1.79 bits per heavy atom. The maximum atomic E-state index is 12.5. The van der Waals surface area contributed by atoms with Crippen LogP contribution < -0.4 is 14.8 Å². The number of carbonyl (C=O) groups excluding carboxylic acids is 2. The highest BCUT2D eigenvalue weighted by Crippen LogP contribution is 2.37. The van der Waals surface area contributed by atoms with E-state index < -0.39 is 28.9 Å². The fourth-order valence-corrected chi connectivity index (χ4v) is 2.98. The summed E-state index contributed by atoms with van der Waals surface area (Å²) in [5.74, 6) is 1.17. The molecule has 1 aliphatic rings. The molecule has 1 N–H and O–H groups in total. The monoisotopic (exact) mass is 408 g/mol. The SMILES string of the molecule is COc1cc(OC)cc(C2(NC(=O)OC(C)(C)C)CN(C(=O)OC(C)(C)C)C2)c1. The number of carbonyl (C=O) groups is 2. The molecule has 162 valence electrons. The molecule has 0 aliphatic carbocycles. The van der Waals surface area contributed by atoms with E-state index in [0.29, 0.717) is 11.5 Å². The number of ether oxygens (including phenoxy) is 4. The molecule has 0 saturated carbocycles. The van der Waals surface area contributed by atoms with Gasteiger partial charge in [-0.15, -0.1) is 0 Å². The number of likely N-dealkylation sites (tertiary alicyclic amines) is 1. The molecule has 1 aromatic rings. The predicted molar refractivity (Wildman–Crippen MR) is 108 cm³/mol. The number of alkyl carbamates (subject to hydrolysis) is 1. The Labute approximate surface area is 172 Å². The Kier molecular flexibility index (Phi) is 6.25. The Balaban J connectivity index is 2.31. The van der Waals surface area contributed by atoms with Gasteiger partial charge in [0.2, 0.25) is 0 Å². The number of amides is 2. The van der Waals surface area contributed by atoms with Crippen LogP contribution in [0.15, 0.2) is 18.2 Å². The second-order valence-electron chi connectivity index (χ2n) is 9.15. The van der Waals surface area contributed by atoms with E-state index in [0.717, 1.165) is 5.56 Å². The molecule has 0 bridgehead atoms. The minimum absolute atomic E-state index is 0.234. The molecule has 0 spiro atoms. The Morgan fingerprint density at radius 2 is 1.38 bits per heavy atom. The average Bonchev–Trinajstić information content (AvgIpc) is 2.53. The molecule has 1 aliphatic heterocycles. The third-order valence-electron chi connectivity index (χ3n) is 4.22. The highest BCUT2D eigenvalue weighted by atomic mass is 16.6. The first-order chi connectivity index (χ1) is 13.3. The third kappa shape index (κ3) is 5.92. The lowest BCUT2D eigenvalue weighted by molar-refractivity contribution is -0.0230. The van der Waals surface area contributed by atoms with Crippen molar-refractivity contribution in [2.45, 2.75) is 58.3 Å². The van der Waals surface area contributed by atoms with Gasteiger partial charge in [0.1, 0.15) is 28.2 Å². The van der Waals surface area contributed by atoms with Crippen LogP contribution in [0, 0.1) is 0 Å². The van der Waals surface area contributed by atoms with Crippen LogP contribution in [0.4, 0.5) is 9.59 Å². The van der Waals surface area contributed by atoms with E-state index in [-0.39, 0.29) is 13.1 Å². The van der Waals surface area contributed by atoms with E-state index in [4.69, 9.17) is 18.9 Å². The number of rotatable bonds is 4.